The quantitative estimate of drug-likeness (QED) is 0.630. The van der Waals surface area contributed by atoms with Gasteiger partial charge in [-0.3, -0.25) is 4.79 Å². The van der Waals surface area contributed by atoms with E-state index in [-0.39, 0.29) is 6.42 Å². The summed E-state index contributed by atoms with van der Waals surface area (Å²) >= 11 is 16.8. The number of benzene rings is 1. The van der Waals surface area contributed by atoms with Crippen LogP contribution >= 0.6 is 34.8 Å². The summed E-state index contributed by atoms with van der Waals surface area (Å²) in [5, 5.41) is 0. The van der Waals surface area contributed by atoms with Gasteiger partial charge in [0, 0.05) is 0 Å². The van der Waals surface area contributed by atoms with Crippen LogP contribution in [0.1, 0.15) is 12.5 Å². The first-order valence-electron chi connectivity index (χ1n) is 5.22. The van der Waals surface area contributed by atoms with Crippen LogP contribution in [-0.2, 0) is 16.0 Å². The maximum Gasteiger partial charge on any atom is 0.310 e. The van der Waals surface area contributed by atoms with Gasteiger partial charge in [0.15, 0.2) is 0 Å². The highest BCUT2D eigenvalue weighted by molar-refractivity contribution is 6.68. The zero-order valence-electron chi connectivity index (χ0n) is 9.95. The molecule has 1 unspecified atom stereocenters. The molecule has 1 aromatic carbocycles. The predicted molar refractivity (Wildman–Crippen MR) is 72.5 cm³/mol. The van der Waals surface area contributed by atoms with Crippen LogP contribution in [0, 0.1) is 0 Å². The number of esters is 1. The lowest BCUT2D eigenvalue weighted by Crippen LogP contribution is -2.28. The molecule has 0 saturated carbocycles. The van der Waals surface area contributed by atoms with Gasteiger partial charge in [-0.15, -0.1) is 0 Å². The fourth-order valence-electron chi connectivity index (χ4n) is 1.22. The second-order valence-electron chi connectivity index (χ2n) is 3.70. The van der Waals surface area contributed by atoms with Gasteiger partial charge >= 0.3 is 5.97 Å². The fraction of sp³-hybridized carbons (Fsp3) is 0.417. The number of methoxy groups -OCH3 is 1. The van der Waals surface area contributed by atoms with Gasteiger partial charge in [-0.25, -0.2) is 0 Å². The van der Waals surface area contributed by atoms with Crippen molar-refractivity contribution >= 4 is 40.8 Å². The maximum atomic E-state index is 11.6. The van der Waals surface area contributed by atoms with Gasteiger partial charge in [-0.1, -0.05) is 46.9 Å². The minimum atomic E-state index is -1.62. The molecule has 1 rings (SSSR count). The van der Waals surface area contributed by atoms with Gasteiger partial charge in [0.1, 0.15) is 11.9 Å². The van der Waals surface area contributed by atoms with Crippen LogP contribution in [0.5, 0.6) is 5.75 Å². The van der Waals surface area contributed by atoms with Gasteiger partial charge in [-0.05, 0) is 24.6 Å². The number of hydrogen-bond acceptors (Lipinski definition) is 3. The molecule has 0 N–H and O–H groups in total. The van der Waals surface area contributed by atoms with Crippen molar-refractivity contribution in [3.63, 3.8) is 0 Å². The highest BCUT2D eigenvalue weighted by Gasteiger charge is 2.31. The number of alkyl halides is 3. The molecule has 0 aliphatic rings. The summed E-state index contributed by atoms with van der Waals surface area (Å²) in [5.41, 5.74) is 0.803. The Labute approximate surface area is 121 Å². The third-order valence-electron chi connectivity index (χ3n) is 2.28. The minimum absolute atomic E-state index is 0.120. The Bertz CT molecular complexity index is 398. The monoisotopic (exact) mass is 310 g/mol. The van der Waals surface area contributed by atoms with Crippen molar-refractivity contribution < 1.29 is 14.3 Å². The van der Waals surface area contributed by atoms with E-state index in [1.807, 2.05) is 0 Å². The Morgan fingerprint density at radius 1 is 1.28 bits per heavy atom. The molecule has 0 aliphatic heterocycles. The van der Waals surface area contributed by atoms with E-state index in [2.05, 4.69) is 0 Å². The summed E-state index contributed by atoms with van der Waals surface area (Å²) < 4.78 is 8.41. The first-order chi connectivity index (χ1) is 8.32. The van der Waals surface area contributed by atoms with E-state index >= 15 is 0 Å². The first-order valence-corrected chi connectivity index (χ1v) is 6.35. The normalized spacial score (nSPS) is 12.9. The lowest BCUT2D eigenvalue weighted by molar-refractivity contribution is -0.147. The molecule has 18 heavy (non-hydrogen) atoms. The number of hydrogen-bond donors (Lipinski definition) is 0. The molecule has 0 aliphatic carbocycles. The Morgan fingerprint density at radius 3 is 2.28 bits per heavy atom. The zero-order valence-corrected chi connectivity index (χ0v) is 12.2. The van der Waals surface area contributed by atoms with Crippen LogP contribution in [0.3, 0.4) is 0 Å². The van der Waals surface area contributed by atoms with Crippen molar-refractivity contribution in [3.05, 3.63) is 29.8 Å². The van der Waals surface area contributed by atoms with Gasteiger partial charge in [0.25, 0.3) is 0 Å². The molecular formula is C12H13Cl3O3. The number of rotatable bonds is 4. The van der Waals surface area contributed by atoms with E-state index in [4.69, 9.17) is 44.3 Å². The SMILES string of the molecule is COc1ccc(CC(=O)OC(C)C(Cl)(Cl)Cl)cc1. The van der Waals surface area contributed by atoms with E-state index in [0.29, 0.717) is 0 Å². The van der Waals surface area contributed by atoms with Crippen molar-refractivity contribution in [1.29, 1.82) is 0 Å². The topological polar surface area (TPSA) is 35.5 Å². The van der Waals surface area contributed by atoms with Gasteiger partial charge in [0.2, 0.25) is 3.79 Å². The van der Waals surface area contributed by atoms with Crippen molar-refractivity contribution in [2.45, 2.75) is 23.2 Å². The molecule has 1 atom stereocenters. The number of carbonyl (C=O) groups excluding carboxylic acids is 1. The van der Waals surface area contributed by atoms with E-state index in [1.165, 1.54) is 6.92 Å². The Morgan fingerprint density at radius 2 is 1.83 bits per heavy atom. The molecule has 0 spiro atoms. The van der Waals surface area contributed by atoms with Crippen LogP contribution in [0.2, 0.25) is 0 Å². The van der Waals surface area contributed by atoms with Crippen LogP contribution in [0.4, 0.5) is 0 Å². The third kappa shape index (κ3) is 4.92. The largest absolute Gasteiger partial charge is 0.497 e. The Hall–Kier alpha value is -0.640. The van der Waals surface area contributed by atoms with E-state index in [9.17, 15) is 4.79 Å². The van der Waals surface area contributed by atoms with Crippen LogP contribution in [0.25, 0.3) is 0 Å². The number of halogens is 3. The third-order valence-corrected chi connectivity index (χ3v) is 3.20. The summed E-state index contributed by atoms with van der Waals surface area (Å²) in [7, 11) is 1.58. The molecular weight excluding hydrogens is 298 g/mol. The lowest BCUT2D eigenvalue weighted by atomic mass is 10.1. The summed E-state index contributed by atoms with van der Waals surface area (Å²) in [6.07, 6.45) is -0.678. The first kappa shape index (κ1) is 15.4. The Kier molecular flexibility index (Phi) is 5.57. The number of ether oxygens (including phenoxy) is 2. The molecule has 3 nitrogen and oxygen atoms in total. The van der Waals surface area contributed by atoms with Gasteiger partial charge < -0.3 is 9.47 Å². The van der Waals surface area contributed by atoms with Crippen LogP contribution in [-0.4, -0.2) is 23.0 Å². The summed E-state index contributed by atoms with van der Waals surface area (Å²) in [5.74, 6) is 0.278. The second-order valence-corrected chi connectivity index (χ2v) is 6.07. The molecule has 0 radical (unpaired) electrons. The maximum absolute atomic E-state index is 11.6. The van der Waals surface area contributed by atoms with Crippen LogP contribution in [0.15, 0.2) is 24.3 Å². The molecule has 100 valence electrons. The minimum Gasteiger partial charge on any atom is -0.497 e. The molecule has 0 saturated heterocycles. The molecule has 0 amide bonds. The van der Waals surface area contributed by atoms with Crippen molar-refractivity contribution in [2.75, 3.05) is 7.11 Å². The summed E-state index contributed by atoms with van der Waals surface area (Å²) in [6.45, 7) is 1.53. The molecule has 0 aromatic heterocycles. The van der Waals surface area contributed by atoms with E-state index < -0.39 is 15.9 Å². The van der Waals surface area contributed by atoms with E-state index in [0.717, 1.165) is 11.3 Å². The standard InChI is InChI=1S/C12H13Cl3O3/c1-8(12(13,14)15)18-11(16)7-9-3-5-10(17-2)6-4-9/h3-6,8H,7H2,1-2H3. The molecule has 0 heterocycles. The fourth-order valence-corrected chi connectivity index (χ4v) is 1.35. The Balaban J connectivity index is 2.54. The number of carbonyl (C=O) groups is 1. The second kappa shape index (κ2) is 6.50. The summed E-state index contributed by atoms with van der Waals surface area (Å²) in [4.78, 5) is 11.6. The van der Waals surface area contributed by atoms with E-state index in [1.54, 1.807) is 31.4 Å². The molecule has 0 bridgehead atoms. The van der Waals surface area contributed by atoms with Crippen LogP contribution < -0.4 is 4.74 Å². The zero-order chi connectivity index (χ0) is 13.8. The highest BCUT2D eigenvalue weighted by Crippen LogP contribution is 2.32. The smallest absolute Gasteiger partial charge is 0.310 e. The lowest BCUT2D eigenvalue weighted by Gasteiger charge is -2.20. The molecule has 1 aromatic rings. The summed E-state index contributed by atoms with van der Waals surface area (Å²) in [6, 6.07) is 7.09. The molecule has 6 heteroatoms. The molecule has 0 fully saturated rings. The predicted octanol–water partition coefficient (Wildman–Crippen LogP) is 3.54. The highest BCUT2D eigenvalue weighted by atomic mass is 35.6. The average Bonchev–Trinajstić information content (AvgIpc) is 2.28. The van der Waals surface area contributed by atoms with Crippen molar-refractivity contribution in [3.8, 4) is 5.75 Å². The van der Waals surface area contributed by atoms with Gasteiger partial charge in [0.05, 0.1) is 13.5 Å². The average molecular weight is 312 g/mol. The van der Waals surface area contributed by atoms with Crippen molar-refractivity contribution in [1.82, 2.24) is 0 Å². The van der Waals surface area contributed by atoms with Crippen molar-refractivity contribution in [2.24, 2.45) is 0 Å². The van der Waals surface area contributed by atoms with Gasteiger partial charge in [-0.2, -0.15) is 0 Å².